The number of rotatable bonds is 4. The van der Waals surface area contributed by atoms with Gasteiger partial charge in [-0.1, -0.05) is 6.92 Å². The molecule has 0 unspecified atom stereocenters. The van der Waals surface area contributed by atoms with E-state index in [4.69, 9.17) is 0 Å². The summed E-state index contributed by atoms with van der Waals surface area (Å²) >= 11 is 1.46. The number of Topliss-reactive ketones (excluding diaryl/α,β-unsaturated/α-hetero) is 1. The van der Waals surface area contributed by atoms with Gasteiger partial charge in [0, 0.05) is 28.5 Å². The Hall–Kier alpha value is -2.21. The number of pyridine rings is 1. The molecule has 0 saturated carbocycles. The van der Waals surface area contributed by atoms with Crippen molar-refractivity contribution in [3.8, 4) is 0 Å². The molecule has 0 bridgehead atoms. The molecule has 0 aliphatic carbocycles. The van der Waals surface area contributed by atoms with Crippen LogP contribution >= 0.6 is 11.8 Å². The zero-order valence-corrected chi connectivity index (χ0v) is 13.5. The zero-order valence-electron chi connectivity index (χ0n) is 12.7. The molecule has 3 aromatic rings. The van der Waals surface area contributed by atoms with E-state index in [1.165, 1.54) is 11.8 Å². The third-order valence-corrected chi connectivity index (χ3v) is 4.28. The van der Waals surface area contributed by atoms with E-state index in [0.29, 0.717) is 10.7 Å². The highest BCUT2D eigenvalue weighted by Gasteiger charge is 2.18. The molecule has 0 atom stereocenters. The lowest BCUT2D eigenvalue weighted by Crippen LogP contribution is -1.98. The topological polar surface area (TPSA) is 71.5 Å². The van der Waals surface area contributed by atoms with Crippen molar-refractivity contribution in [2.75, 3.05) is 0 Å². The Morgan fingerprint density at radius 3 is 2.82 bits per heavy atom. The standard InChI is InChI=1S/C16H16N4OS/c1-4-12-14(10(3)21)13-9(2)18-16(20-15(13)19-12)22-11-6-5-7-17-8-11/h5-8H,4H2,1-3H3,(H,18,19,20). The van der Waals surface area contributed by atoms with Crippen molar-refractivity contribution in [1.29, 1.82) is 0 Å². The van der Waals surface area contributed by atoms with Crippen molar-refractivity contribution < 1.29 is 4.79 Å². The van der Waals surface area contributed by atoms with Crippen molar-refractivity contribution in [3.05, 3.63) is 41.5 Å². The number of aryl methyl sites for hydroxylation is 2. The first-order chi connectivity index (χ1) is 10.6. The Morgan fingerprint density at radius 1 is 1.36 bits per heavy atom. The Labute approximate surface area is 132 Å². The molecule has 5 nitrogen and oxygen atoms in total. The van der Waals surface area contributed by atoms with E-state index in [1.807, 2.05) is 26.0 Å². The highest BCUT2D eigenvalue weighted by Crippen LogP contribution is 2.29. The van der Waals surface area contributed by atoms with Gasteiger partial charge in [-0.25, -0.2) is 9.97 Å². The summed E-state index contributed by atoms with van der Waals surface area (Å²) in [5, 5.41) is 1.48. The van der Waals surface area contributed by atoms with Gasteiger partial charge in [0.2, 0.25) is 0 Å². The second-order valence-electron chi connectivity index (χ2n) is 4.99. The van der Waals surface area contributed by atoms with Gasteiger partial charge in [-0.15, -0.1) is 0 Å². The maximum atomic E-state index is 11.9. The maximum Gasteiger partial charge on any atom is 0.194 e. The van der Waals surface area contributed by atoms with Gasteiger partial charge in [0.05, 0.1) is 11.1 Å². The van der Waals surface area contributed by atoms with Crippen LogP contribution in [0.25, 0.3) is 11.0 Å². The largest absolute Gasteiger partial charge is 0.342 e. The first-order valence-electron chi connectivity index (χ1n) is 7.08. The average molecular weight is 312 g/mol. The van der Waals surface area contributed by atoms with Crippen LogP contribution < -0.4 is 0 Å². The number of hydrogen-bond acceptors (Lipinski definition) is 5. The van der Waals surface area contributed by atoms with E-state index in [9.17, 15) is 4.79 Å². The van der Waals surface area contributed by atoms with Crippen LogP contribution in [0.5, 0.6) is 0 Å². The molecule has 3 aromatic heterocycles. The molecule has 0 amide bonds. The van der Waals surface area contributed by atoms with Crippen LogP contribution in [0, 0.1) is 6.92 Å². The number of ketones is 1. The summed E-state index contributed by atoms with van der Waals surface area (Å²) in [4.78, 5) is 29.4. The number of carbonyl (C=O) groups excluding carboxylic acids is 1. The number of carbonyl (C=O) groups is 1. The molecular formula is C16H16N4OS. The van der Waals surface area contributed by atoms with E-state index >= 15 is 0 Å². The second kappa shape index (κ2) is 5.88. The molecular weight excluding hydrogens is 296 g/mol. The molecule has 22 heavy (non-hydrogen) atoms. The van der Waals surface area contributed by atoms with Crippen LogP contribution in [0.4, 0.5) is 0 Å². The smallest absolute Gasteiger partial charge is 0.194 e. The molecule has 0 aliphatic rings. The summed E-state index contributed by atoms with van der Waals surface area (Å²) < 4.78 is 0. The van der Waals surface area contributed by atoms with Crippen LogP contribution in [-0.4, -0.2) is 25.7 Å². The molecule has 6 heteroatoms. The minimum atomic E-state index is 0.0439. The van der Waals surface area contributed by atoms with E-state index in [2.05, 4.69) is 19.9 Å². The molecule has 0 spiro atoms. The van der Waals surface area contributed by atoms with Crippen molar-refractivity contribution in [3.63, 3.8) is 0 Å². The van der Waals surface area contributed by atoms with Gasteiger partial charge < -0.3 is 4.98 Å². The average Bonchev–Trinajstić information content (AvgIpc) is 2.87. The molecule has 1 N–H and O–H groups in total. The molecule has 0 aliphatic heterocycles. The highest BCUT2D eigenvalue weighted by atomic mass is 32.2. The third kappa shape index (κ3) is 2.62. The summed E-state index contributed by atoms with van der Waals surface area (Å²) in [6.45, 7) is 5.52. The second-order valence-corrected chi connectivity index (χ2v) is 6.03. The van der Waals surface area contributed by atoms with Gasteiger partial charge >= 0.3 is 0 Å². The van der Waals surface area contributed by atoms with Gasteiger partial charge in [-0.05, 0) is 44.2 Å². The number of aromatic amines is 1. The van der Waals surface area contributed by atoms with Crippen LogP contribution in [-0.2, 0) is 6.42 Å². The van der Waals surface area contributed by atoms with Crippen molar-refractivity contribution in [2.24, 2.45) is 0 Å². The lowest BCUT2D eigenvalue weighted by atomic mass is 10.1. The quantitative estimate of drug-likeness (QED) is 0.589. The number of nitrogens with one attached hydrogen (secondary N) is 1. The fourth-order valence-corrected chi connectivity index (χ4v) is 3.30. The Kier molecular flexibility index (Phi) is 3.94. The summed E-state index contributed by atoms with van der Waals surface area (Å²) in [5.41, 5.74) is 3.18. The van der Waals surface area contributed by atoms with E-state index < -0.39 is 0 Å². The van der Waals surface area contributed by atoms with Crippen LogP contribution in [0.1, 0.15) is 35.6 Å². The number of nitrogens with zero attached hydrogens (tertiary/aromatic N) is 3. The SMILES string of the molecule is CCc1[nH]c2nc(Sc3cccnc3)nc(C)c2c1C(C)=O. The summed E-state index contributed by atoms with van der Waals surface area (Å²) in [5.74, 6) is 0.0439. The summed E-state index contributed by atoms with van der Waals surface area (Å²) in [7, 11) is 0. The number of aromatic nitrogens is 4. The van der Waals surface area contributed by atoms with Gasteiger partial charge in [-0.2, -0.15) is 0 Å². The predicted molar refractivity (Wildman–Crippen MR) is 86.4 cm³/mol. The minimum absolute atomic E-state index is 0.0439. The summed E-state index contributed by atoms with van der Waals surface area (Å²) in [6.07, 6.45) is 4.27. The lowest BCUT2D eigenvalue weighted by Gasteiger charge is -2.03. The van der Waals surface area contributed by atoms with E-state index in [0.717, 1.165) is 33.7 Å². The van der Waals surface area contributed by atoms with Crippen molar-refractivity contribution in [2.45, 2.75) is 37.2 Å². The van der Waals surface area contributed by atoms with Gasteiger partial charge in [0.1, 0.15) is 5.65 Å². The number of H-pyrrole nitrogens is 1. The molecule has 112 valence electrons. The molecule has 3 heterocycles. The number of hydrogen-bond donors (Lipinski definition) is 1. The number of fused-ring (bicyclic) bond motifs is 1. The fourth-order valence-electron chi connectivity index (χ4n) is 2.51. The first kappa shape index (κ1) is 14.7. The summed E-state index contributed by atoms with van der Waals surface area (Å²) in [6, 6.07) is 3.85. The van der Waals surface area contributed by atoms with Gasteiger partial charge in [0.25, 0.3) is 0 Å². The zero-order chi connectivity index (χ0) is 15.7. The third-order valence-electron chi connectivity index (χ3n) is 3.44. The molecule has 0 fully saturated rings. The molecule has 0 radical (unpaired) electrons. The predicted octanol–water partition coefficient (Wildman–Crippen LogP) is 3.58. The Balaban J connectivity index is 2.11. The fraction of sp³-hybridized carbons (Fsp3) is 0.250. The van der Waals surface area contributed by atoms with E-state index in [1.54, 1.807) is 19.3 Å². The monoisotopic (exact) mass is 312 g/mol. The molecule has 0 aromatic carbocycles. The van der Waals surface area contributed by atoms with Gasteiger partial charge in [-0.3, -0.25) is 9.78 Å². The lowest BCUT2D eigenvalue weighted by molar-refractivity contribution is 0.101. The van der Waals surface area contributed by atoms with Crippen molar-refractivity contribution in [1.82, 2.24) is 19.9 Å². The normalized spacial score (nSPS) is 11.0. The maximum absolute atomic E-state index is 11.9. The Morgan fingerprint density at radius 2 is 2.18 bits per heavy atom. The van der Waals surface area contributed by atoms with Crippen LogP contribution in [0.3, 0.4) is 0 Å². The Bertz CT molecular complexity index is 842. The van der Waals surface area contributed by atoms with Crippen molar-refractivity contribution >= 4 is 28.6 Å². The molecule has 3 rings (SSSR count). The first-order valence-corrected chi connectivity index (χ1v) is 7.89. The van der Waals surface area contributed by atoms with Crippen LogP contribution in [0.15, 0.2) is 34.6 Å². The minimum Gasteiger partial charge on any atom is -0.342 e. The van der Waals surface area contributed by atoms with Crippen LogP contribution in [0.2, 0.25) is 0 Å². The highest BCUT2D eigenvalue weighted by molar-refractivity contribution is 7.99. The van der Waals surface area contributed by atoms with E-state index in [-0.39, 0.29) is 5.78 Å². The molecule has 0 saturated heterocycles. The van der Waals surface area contributed by atoms with Gasteiger partial charge in [0.15, 0.2) is 10.9 Å².